The van der Waals surface area contributed by atoms with E-state index in [2.05, 4.69) is 63.4 Å². The highest BCUT2D eigenvalue weighted by Crippen LogP contribution is 2.39. The fourth-order valence-electron chi connectivity index (χ4n) is 4.16. The highest BCUT2D eigenvalue weighted by Gasteiger charge is 2.13. The zero-order valence-electron chi connectivity index (χ0n) is 19.9. The summed E-state index contributed by atoms with van der Waals surface area (Å²) in [7, 11) is 0. The molecule has 0 amide bonds. The second-order valence-corrected chi connectivity index (χ2v) is 10.9. The number of hydrogen-bond donors (Lipinski definition) is 0. The molecule has 1 aromatic carbocycles. The van der Waals surface area contributed by atoms with Gasteiger partial charge in [-0.2, -0.15) is 0 Å². The molecule has 0 saturated heterocycles. The molecule has 0 aliphatic carbocycles. The van der Waals surface area contributed by atoms with E-state index in [0.29, 0.717) is 0 Å². The molecular formula is C30H38S2. The Hall–Kier alpha value is -1.90. The second-order valence-electron chi connectivity index (χ2n) is 8.59. The first-order valence-corrected chi connectivity index (χ1v) is 13.9. The Morgan fingerprint density at radius 3 is 1.44 bits per heavy atom. The molecule has 0 atom stereocenters. The van der Waals surface area contributed by atoms with Crippen LogP contribution < -0.4 is 0 Å². The molecule has 3 rings (SSSR count). The first kappa shape index (κ1) is 24.7. The van der Waals surface area contributed by atoms with Gasteiger partial charge in [-0.15, -0.1) is 22.7 Å². The van der Waals surface area contributed by atoms with Crippen molar-refractivity contribution >= 4 is 34.8 Å². The van der Waals surface area contributed by atoms with Crippen molar-refractivity contribution < 1.29 is 0 Å². The molecule has 0 spiro atoms. The van der Waals surface area contributed by atoms with Crippen LogP contribution in [-0.2, 0) is 12.8 Å². The van der Waals surface area contributed by atoms with Crippen LogP contribution in [0, 0.1) is 0 Å². The number of aryl methyl sites for hydroxylation is 2. The molecular weight excluding hydrogens is 424 g/mol. The highest BCUT2D eigenvalue weighted by molar-refractivity contribution is 7.15. The van der Waals surface area contributed by atoms with Crippen molar-refractivity contribution in [1.82, 2.24) is 0 Å². The molecule has 0 saturated carbocycles. The van der Waals surface area contributed by atoms with E-state index < -0.39 is 0 Å². The highest BCUT2D eigenvalue weighted by atomic mass is 32.1. The van der Waals surface area contributed by atoms with Crippen molar-refractivity contribution in [3.63, 3.8) is 0 Å². The molecule has 32 heavy (non-hydrogen) atoms. The van der Waals surface area contributed by atoms with Crippen LogP contribution in [0.4, 0.5) is 0 Å². The summed E-state index contributed by atoms with van der Waals surface area (Å²) >= 11 is 3.86. The largest absolute Gasteiger partial charge is 0.140 e. The Balaban J connectivity index is 1.81. The van der Waals surface area contributed by atoms with Crippen LogP contribution in [0.25, 0.3) is 33.0 Å². The van der Waals surface area contributed by atoms with Gasteiger partial charge in [-0.05, 0) is 84.3 Å². The van der Waals surface area contributed by atoms with Crippen LogP contribution in [0.3, 0.4) is 0 Å². The zero-order chi connectivity index (χ0) is 22.8. The summed E-state index contributed by atoms with van der Waals surface area (Å²) in [6.07, 6.45) is 16.9. The van der Waals surface area contributed by atoms with Crippen molar-refractivity contribution in [2.45, 2.75) is 78.1 Å². The van der Waals surface area contributed by atoms with E-state index in [-0.39, 0.29) is 0 Å². The summed E-state index contributed by atoms with van der Waals surface area (Å²) in [6, 6.07) is 13.8. The third-order valence-corrected chi connectivity index (χ3v) is 8.43. The average Bonchev–Trinajstić information content (AvgIpc) is 3.48. The monoisotopic (exact) mass is 462 g/mol. The van der Waals surface area contributed by atoms with Gasteiger partial charge in [0.25, 0.3) is 0 Å². The molecule has 170 valence electrons. The van der Waals surface area contributed by atoms with Gasteiger partial charge in [0.2, 0.25) is 0 Å². The van der Waals surface area contributed by atoms with Crippen molar-refractivity contribution in [2.75, 3.05) is 0 Å². The Kier molecular flexibility index (Phi) is 10.0. The second kappa shape index (κ2) is 13.0. The SMILES string of the molecule is C=Cc1cc(-c2ccc(CCCCCC)s2)c(C=C)cc1-c1ccc(CCCCCC)s1. The first-order valence-electron chi connectivity index (χ1n) is 12.3. The lowest BCUT2D eigenvalue weighted by Gasteiger charge is -2.11. The molecule has 2 aromatic heterocycles. The molecule has 3 aromatic rings. The van der Waals surface area contributed by atoms with Crippen LogP contribution in [0.5, 0.6) is 0 Å². The predicted octanol–water partition coefficient (Wildman–Crippen LogP) is 10.7. The van der Waals surface area contributed by atoms with E-state index in [1.807, 2.05) is 34.8 Å². The van der Waals surface area contributed by atoms with Gasteiger partial charge in [0, 0.05) is 19.5 Å². The van der Waals surface area contributed by atoms with E-state index in [0.717, 1.165) is 0 Å². The lowest BCUT2D eigenvalue weighted by molar-refractivity contribution is 0.670. The Morgan fingerprint density at radius 1 is 0.625 bits per heavy atom. The summed E-state index contributed by atoms with van der Waals surface area (Å²) in [5.41, 5.74) is 4.98. The molecule has 0 N–H and O–H groups in total. The Morgan fingerprint density at radius 2 is 1.06 bits per heavy atom. The summed E-state index contributed by atoms with van der Waals surface area (Å²) in [5.74, 6) is 0. The molecule has 0 aliphatic heterocycles. The minimum atomic E-state index is 1.19. The van der Waals surface area contributed by atoms with Crippen LogP contribution in [-0.4, -0.2) is 0 Å². The molecule has 0 radical (unpaired) electrons. The molecule has 0 unspecified atom stereocenters. The van der Waals surface area contributed by atoms with Crippen molar-refractivity contribution in [1.29, 1.82) is 0 Å². The van der Waals surface area contributed by atoms with E-state index in [4.69, 9.17) is 0 Å². The van der Waals surface area contributed by atoms with E-state index >= 15 is 0 Å². The molecule has 2 heterocycles. The van der Waals surface area contributed by atoms with Crippen molar-refractivity contribution in [3.8, 4) is 20.9 Å². The molecule has 0 nitrogen and oxygen atoms in total. The number of thiophene rings is 2. The molecule has 0 fully saturated rings. The standard InChI is InChI=1S/C30H38S2/c1-5-9-11-13-15-25-17-19-29(31-25)27-21-24(8-4)28(22-23(27)7-3)30-20-18-26(32-30)16-14-12-10-6-2/h7-8,17-22H,3-6,9-16H2,1-2H3. The first-order chi connectivity index (χ1) is 15.7. The number of rotatable bonds is 14. The van der Waals surface area contributed by atoms with Gasteiger partial charge in [-0.1, -0.05) is 77.7 Å². The smallest absolute Gasteiger partial charge is 0.0351 e. The Bertz CT molecular complexity index is 920. The normalized spacial score (nSPS) is 11.1. The van der Waals surface area contributed by atoms with Gasteiger partial charge in [-0.25, -0.2) is 0 Å². The van der Waals surface area contributed by atoms with Crippen molar-refractivity contribution in [3.05, 3.63) is 70.4 Å². The van der Waals surface area contributed by atoms with Crippen LogP contribution in [0.15, 0.2) is 49.6 Å². The minimum absolute atomic E-state index is 1.19. The third-order valence-electron chi connectivity index (χ3n) is 6.07. The fourth-order valence-corrected chi connectivity index (χ4v) is 6.34. The third kappa shape index (κ3) is 6.56. The van der Waals surface area contributed by atoms with Gasteiger partial charge in [0.1, 0.15) is 0 Å². The summed E-state index contributed by atoms with van der Waals surface area (Å²) in [4.78, 5) is 5.65. The lowest BCUT2D eigenvalue weighted by Crippen LogP contribution is -1.87. The van der Waals surface area contributed by atoms with E-state index in [1.165, 1.54) is 106 Å². The van der Waals surface area contributed by atoms with Gasteiger partial charge in [0.05, 0.1) is 0 Å². The topological polar surface area (TPSA) is 0 Å². The zero-order valence-corrected chi connectivity index (χ0v) is 21.6. The molecule has 0 bridgehead atoms. The van der Waals surface area contributed by atoms with Gasteiger partial charge >= 0.3 is 0 Å². The van der Waals surface area contributed by atoms with Crippen LogP contribution in [0.1, 0.15) is 86.1 Å². The maximum Gasteiger partial charge on any atom is 0.0351 e. The number of unbranched alkanes of at least 4 members (excludes halogenated alkanes) is 6. The maximum absolute atomic E-state index is 4.13. The average molecular weight is 463 g/mol. The lowest BCUT2D eigenvalue weighted by atomic mass is 9.96. The van der Waals surface area contributed by atoms with Crippen LogP contribution in [0.2, 0.25) is 0 Å². The minimum Gasteiger partial charge on any atom is -0.140 e. The predicted molar refractivity (Wildman–Crippen MR) is 149 cm³/mol. The Labute approximate surface area is 203 Å². The van der Waals surface area contributed by atoms with E-state index in [1.54, 1.807) is 0 Å². The molecule has 2 heteroatoms. The van der Waals surface area contributed by atoms with Gasteiger partial charge in [-0.3, -0.25) is 0 Å². The summed E-state index contributed by atoms with van der Waals surface area (Å²) < 4.78 is 0. The number of benzene rings is 1. The summed E-state index contributed by atoms with van der Waals surface area (Å²) in [5, 5.41) is 0. The van der Waals surface area contributed by atoms with Crippen molar-refractivity contribution in [2.24, 2.45) is 0 Å². The fraction of sp³-hybridized carbons (Fsp3) is 0.400. The van der Waals surface area contributed by atoms with Crippen LogP contribution >= 0.6 is 22.7 Å². The van der Waals surface area contributed by atoms with Gasteiger partial charge < -0.3 is 0 Å². The van der Waals surface area contributed by atoms with Gasteiger partial charge in [0.15, 0.2) is 0 Å². The quantitative estimate of drug-likeness (QED) is 0.209. The molecule has 0 aliphatic rings. The van der Waals surface area contributed by atoms with E-state index in [9.17, 15) is 0 Å². The summed E-state index contributed by atoms with van der Waals surface area (Å²) in [6.45, 7) is 12.8. The maximum atomic E-state index is 4.13. The number of hydrogen-bond acceptors (Lipinski definition) is 2.